The molecular formula is C26H30N4O3S. The molecule has 3 aliphatic heterocycles. The number of carbonyl (C=O) groups is 1. The number of hydrogen-bond donors (Lipinski definition) is 0. The van der Waals surface area contributed by atoms with Gasteiger partial charge < -0.3 is 19.3 Å². The van der Waals surface area contributed by atoms with Crippen molar-refractivity contribution in [1.29, 1.82) is 0 Å². The Morgan fingerprint density at radius 2 is 1.79 bits per heavy atom. The van der Waals surface area contributed by atoms with Gasteiger partial charge in [0.1, 0.15) is 0 Å². The number of nitrogens with zero attached hydrogens (tertiary/aromatic N) is 4. The lowest BCUT2D eigenvalue weighted by Gasteiger charge is -2.34. The fourth-order valence-electron chi connectivity index (χ4n) is 4.97. The van der Waals surface area contributed by atoms with E-state index in [1.807, 2.05) is 29.2 Å². The molecule has 0 saturated carbocycles. The van der Waals surface area contributed by atoms with Crippen molar-refractivity contribution in [2.45, 2.75) is 26.3 Å². The molecule has 0 atom stereocenters. The van der Waals surface area contributed by atoms with Crippen LogP contribution in [0.3, 0.4) is 0 Å². The van der Waals surface area contributed by atoms with Crippen LogP contribution in [0.2, 0.25) is 0 Å². The Hall–Kier alpha value is -2.84. The second kappa shape index (κ2) is 9.07. The third-order valence-electron chi connectivity index (χ3n) is 7.18. The van der Waals surface area contributed by atoms with E-state index in [4.69, 9.17) is 14.5 Å². The molecule has 2 saturated heterocycles. The highest BCUT2D eigenvalue weighted by molar-refractivity contribution is 7.22. The molecule has 0 spiro atoms. The number of carbonyl (C=O) groups excluding carboxylic acids is 1. The molecule has 3 aromatic rings. The van der Waals surface area contributed by atoms with Gasteiger partial charge in [0, 0.05) is 51.4 Å². The number of rotatable bonds is 4. The third-order valence-corrected chi connectivity index (χ3v) is 8.26. The van der Waals surface area contributed by atoms with Gasteiger partial charge >= 0.3 is 0 Å². The molecule has 0 unspecified atom stereocenters. The average molecular weight is 479 g/mol. The first-order chi connectivity index (χ1) is 16.6. The number of hydrogen-bond acceptors (Lipinski definition) is 7. The monoisotopic (exact) mass is 478 g/mol. The number of anilines is 1. The highest BCUT2D eigenvalue weighted by Crippen LogP contribution is 2.34. The van der Waals surface area contributed by atoms with Crippen LogP contribution in [-0.2, 0) is 6.54 Å². The Kier molecular flexibility index (Phi) is 5.79. The number of benzene rings is 2. The van der Waals surface area contributed by atoms with Gasteiger partial charge in [-0.15, -0.1) is 0 Å². The van der Waals surface area contributed by atoms with E-state index >= 15 is 0 Å². The fraction of sp³-hybridized carbons (Fsp3) is 0.462. The van der Waals surface area contributed by atoms with Crippen LogP contribution < -0.4 is 14.4 Å². The zero-order valence-electron chi connectivity index (χ0n) is 19.5. The molecule has 1 aromatic heterocycles. The molecule has 1 amide bonds. The quantitative estimate of drug-likeness (QED) is 0.560. The summed E-state index contributed by atoms with van der Waals surface area (Å²) < 4.78 is 12.0. The van der Waals surface area contributed by atoms with Gasteiger partial charge in [-0.1, -0.05) is 24.3 Å². The predicted molar refractivity (Wildman–Crippen MR) is 134 cm³/mol. The summed E-state index contributed by atoms with van der Waals surface area (Å²) in [5.41, 5.74) is 2.96. The first-order valence-electron chi connectivity index (χ1n) is 12.2. The molecule has 3 aliphatic rings. The van der Waals surface area contributed by atoms with E-state index < -0.39 is 0 Å². The molecule has 0 bridgehead atoms. The number of amides is 1. The summed E-state index contributed by atoms with van der Waals surface area (Å²) in [4.78, 5) is 24.8. The predicted octanol–water partition coefficient (Wildman–Crippen LogP) is 4.22. The minimum Gasteiger partial charge on any atom is -0.454 e. The van der Waals surface area contributed by atoms with Crippen LogP contribution in [0.15, 0.2) is 36.4 Å². The lowest BCUT2D eigenvalue weighted by atomic mass is 10.00. The van der Waals surface area contributed by atoms with Gasteiger partial charge in [0.25, 0.3) is 5.91 Å². The maximum atomic E-state index is 13.2. The van der Waals surface area contributed by atoms with E-state index in [-0.39, 0.29) is 5.91 Å². The molecule has 7 nitrogen and oxygen atoms in total. The van der Waals surface area contributed by atoms with Crippen LogP contribution in [0.25, 0.3) is 10.2 Å². The van der Waals surface area contributed by atoms with Gasteiger partial charge in [-0.05, 0) is 54.7 Å². The van der Waals surface area contributed by atoms with Crippen molar-refractivity contribution in [3.8, 4) is 11.5 Å². The van der Waals surface area contributed by atoms with E-state index in [2.05, 4.69) is 28.9 Å². The van der Waals surface area contributed by atoms with Crippen molar-refractivity contribution >= 4 is 32.6 Å². The van der Waals surface area contributed by atoms with Gasteiger partial charge in [-0.2, -0.15) is 0 Å². The van der Waals surface area contributed by atoms with Crippen LogP contribution in [0, 0.1) is 5.92 Å². The number of ether oxygens (including phenoxy) is 2. The fourth-order valence-corrected chi connectivity index (χ4v) is 6.03. The smallest absolute Gasteiger partial charge is 0.253 e. The second-order valence-corrected chi connectivity index (χ2v) is 10.6. The number of fused-ring (bicyclic) bond motifs is 2. The highest BCUT2D eigenvalue weighted by Gasteiger charge is 2.24. The molecule has 0 radical (unpaired) electrons. The molecule has 0 N–H and O–H groups in total. The van der Waals surface area contributed by atoms with Gasteiger partial charge in [-0.25, -0.2) is 4.98 Å². The number of aromatic nitrogens is 1. The highest BCUT2D eigenvalue weighted by atomic mass is 32.1. The topological polar surface area (TPSA) is 58.1 Å². The maximum Gasteiger partial charge on any atom is 0.253 e. The Bertz CT molecular complexity index is 1200. The molecule has 178 valence electrons. The normalized spacial score (nSPS) is 19.2. The van der Waals surface area contributed by atoms with E-state index in [0.29, 0.717) is 6.79 Å². The van der Waals surface area contributed by atoms with E-state index in [1.165, 1.54) is 18.4 Å². The van der Waals surface area contributed by atoms with Gasteiger partial charge in [0.05, 0.1) is 10.2 Å². The van der Waals surface area contributed by atoms with Crippen LogP contribution >= 0.6 is 11.3 Å². The molecular weight excluding hydrogens is 448 g/mol. The van der Waals surface area contributed by atoms with E-state index in [0.717, 1.165) is 84.1 Å². The summed E-state index contributed by atoms with van der Waals surface area (Å²) in [7, 11) is 0. The summed E-state index contributed by atoms with van der Waals surface area (Å²) in [6.07, 6.45) is 2.45. The second-order valence-electron chi connectivity index (χ2n) is 9.60. The third kappa shape index (κ3) is 4.32. The average Bonchev–Trinajstić information content (AvgIpc) is 3.50. The first-order valence-corrected chi connectivity index (χ1v) is 13.0. The summed E-state index contributed by atoms with van der Waals surface area (Å²) in [5.74, 6) is 2.55. The van der Waals surface area contributed by atoms with Gasteiger partial charge in [0.2, 0.25) is 6.79 Å². The van der Waals surface area contributed by atoms with Crippen LogP contribution in [-0.4, -0.2) is 66.8 Å². The molecule has 2 aromatic carbocycles. The van der Waals surface area contributed by atoms with E-state index in [9.17, 15) is 4.79 Å². The SMILES string of the molecule is CC1CCN(c2nc3ccc(C(=O)N4CCN(Cc5ccc6c(c5)OCO6)CC4)cc3s2)CC1. The molecule has 2 fully saturated rings. The Morgan fingerprint density at radius 3 is 2.62 bits per heavy atom. The van der Waals surface area contributed by atoms with E-state index in [1.54, 1.807) is 11.3 Å². The minimum absolute atomic E-state index is 0.117. The number of piperidine rings is 1. The lowest BCUT2D eigenvalue weighted by Crippen LogP contribution is -2.48. The van der Waals surface area contributed by atoms with Gasteiger partial charge in [-0.3, -0.25) is 9.69 Å². The van der Waals surface area contributed by atoms with Crippen molar-refractivity contribution in [1.82, 2.24) is 14.8 Å². The van der Waals surface area contributed by atoms with Crippen LogP contribution in [0.5, 0.6) is 11.5 Å². The zero-order chi connectivity index (χ0) is 23.1. The molecule has 6 rings (SSSR count). The Labute approximate surface area is 203 Å². The number of thiazole rings is 1. The van der Waals surface area contributed by atoms with Gasteiger partial charge in [0.15, 0.2) is 16.6 Å². The zero-order valence-corrected chi connectivity index (χ0v) is 20.4. The molecule has 0 aliphatic carbocycles. The summed E-state index contributed by atoms with van der Waals surface area (Å²) in [6.45, 7) is 8.82. The van der Waals surface area contributed by atoms with Crippen LogP contribution in [0.4, 0.5) is 5.13 Å². The molecule has 4 heterocycles. The van der Waals surface area contributed by atoms with Crippen molar-refractivity contribution in [3.05, 3.63) is 47.5 Å². The lowest BCUT2D eigenvalue weighted by molar-refractivity contribution is 0.0628. The standard InChI is InChI=1S/C26H30N4O3S/c1-18-6-8-30(9-7-18)26-27-21-4-3-20(15-24(21)34-26)25(31)29-12-10-28(11-13-29)16-19-2-5-22-23(14-19)33-17-32-22/h2-5,14-15,18H,6-13,16-17H2,1H3. The van der Waals surface area contributed by atoms with Crippen molar-refractivity contribution in [2.24, 2.45) is 5.92 Å². The van der Waals surface area contributed by atoms with Crippen molar-refractivity contribution < 1.29 is 14.3 Å². The van der Waals surface area contributed by atoms with Crippen molar-refractivity contribution in [2.75, 3.05) is 51.0 Å². The Morgan fingerprint density at radius 1 is 1.00 bits per heavy atom. The summed E-state index contributed by atoms with van der Waals surface area (Å²) in [6, 6.07) is 12.1. The first kappa shape index (κ1) is 21.7. The summed E-state index contributed by atoms with van der Waals surface area (Å²) >= 11 is 1.71. The van der Waals surface area contributed by atoms with Crippen molar-refractivity contribution in [3.63, 3.8) is 0 Å². The summed E-state index contributed by atoms with van der Waals surface area (Å²) in [5, 5.41) is 1.09. The minimum atomic E-state index is 0.117. The Balaban J connectivity index is 1.08. The molecule has 34 heavy (non-hydrogen) atoms. The largest absolute Gasteiger partial charge is 0.454 e. The maximum absolute atomic E-state index is 13.2. The number of piperazine rings is 1. The molecule has 8 heteroatoms. The van der Waals surface area contributed by atoms with Crippen LogP contribution in [0.1, 0.15) is 35.7 Å².